The molecule has 2 heterocycles. The molecule has 2 N–H and O–H groups in total. The van der Waals surface area contributed by atoms with Gasteiger partial charge in [0.05, 0.1) is 35.3 Å². The highest BCUT2D eigenvalue weighted by Gasteiger charge is 2.39. The first-order valence-corrected chi connectivity index (χ1v) is 7.69. The Hall–Kier alpha value is -2.60. The number of aryl methyl sites for hydroxylation is 1. The van der Waals surface area contributed by atoms with Crippen LogP contribution < -0.4 is 0 Å². The topological polar surface area (TPSA) is 67.5 Å². The van der Waals surface area contributed by atoms with Crippen LogP contribution in [0.15, 0.2) is 30.3 Å². The standard InChI is InChI=1S/C18H17FN2O3/c1-10-7-11(14(19)16(23)15(10)22)17-20-12-5-3-4-6-13(12)21(17)18(2)8-24-9-18/h3-7,22-23H,8-9H2,1-2H3. The zero-order chi connectivity index (χ0) is 17.1. The Morgan fingerprint density at radius 1 is 1.21 bits per heavy atom. The van der Waals surface area contributed by atoms with E-state index < -0.39 is 17.3 Å². The van der Waals surface area contributed by atoms with Crippen LogP contribution in [-0.4, -0.2) is 33.0 Å². The first kappa shape index (κ1) is 15.0. The molecule has 4 rings (SSSR count). The number of imidazole rings is 1. The molecular weight excluding hydrogens is 311 g/mol. The zero-order valence-electron chi connectivity index (χ0n) is 13.4. The highest BCUT2D eigenvalue weighted by molar-refractivity contribution is 5.82. The Balaban J connectivity index is 2.06. The van der Waals surface area contributed by atoms with Gasteiger partial charge in [-0.2, -0.15) is 0 Å². The number of phenols is 2. The summed E-state index contributed by atoms with van der Waals surface area (Å²) in [6.07, 6.45) is 0. The van der Waals surface area contributed by atoms with E-state index in [1.54, 1.807) is 6.92 Å². The number of ether oxygens (including phenoxy) is 1. The number of benzene rings is 2. The molecule has 1 aliphatic heterocycles. The fourth-order valence-electron chi connectivity index (χ4n) is 3.21. The molecule has 0 amide bonds. The van der Waals surface area contributed by atoms with Gasteiger partial charge in [0.25, 0.3) is 0 Å². The Labute approximate surface area is 137 Å². The normalized spacial score (nSPS) is 16.3. The maximum absolute atomic E-state index is 14.7. The fourth-order valence-corrected chi connectivity index (χ4v) is 3.21. The van der Waals surface area contributed by atoms with Crippen molar-refractivity contribution >= 4 is 11.0 Å². The highest BCUT2D eigenvalue weighted by Crippen LogP contribution is 2.41. The Bertz CT molecular complexity index is 961. The van der Waals surface area contributed by atoms with E-state index in [1.807, 2.05) is 35.8 Å². The monoisotopic (exact) mass is 328 g/mol. The first-order valence-electron chi connectivity index (χ1n) is 7.69. The number of rotatable bonds is 2. The van der Waals surface area contributed by atoms with Gasteiger partial charge in [0.1, 0.15) is 5.82 Å². The molecule has 0 radical (unpaired) electrons. The van der Waals surface area contributed by atoms with E-state index in [4.69, 9.17) is 4.74 Å². The third kappa shape index (κ3) is 1.93. The number of hydrogen-bond acceptors (Lipinski definition) is 4. The summed E-state index contributed by atoms with van der Waals surface area (Å²) in [5.74, 6) is -1.66. The van der Waals surface area contributed by atoms with Gasteiger partial charge in [-0.15, -0.1) is 0 Å². The molecule has 3 aromatic rings. The van der Waals surface area contributed by atoms with Crippen molar-refractivity contribution < 1.29 is 19.3 Å². The summed E-state index contributed by atoms with van der Waals surface area (Å²) in [6.45, 7) is 4.65. The van der Waals surface area contributed by atoms with Gasteiger partial charge in [0, 0.05) is 0 Å². The Morgan fingerprint density at radius 2 is 1.92 bits per heavy atom. The number of phenolic OH excluding ortho intramolecular Hbond substituents is 2. The van der Waals surface area contributed by atoms with Crippen LogP contribution >= 0.6 is 0 Å². The number of fused-ring (bicyclic) bond motifs is 1. The van der Waals surface area contributed by atoms with E-state index in [0.29, 0.717) is 24.6 Å². The number of aromatic nitrogens is 2. The van der Waals surface area contributed by atoms with Crippen molar-refractivity contribution in [3.8, 4) is 22.9 Å². The second-order valence-electron chi connectivity index (χ2n) is 6.50. The lowest BCUT2D eigenvalue weighted by Gasteiger charge is -2.40. The maximum atomic E-state index is 14.7. The van der Waals surface area contributed by atoms with Gasteiger partial charge >= 0.3 is 0 Å². The molecule has 0 aliphatic carbocycles. The van der Waals surface area contributed by atoms with Crippen LogP contribution in [0.5, 0.6) is 11.5 Å². The number of para-hydroxylation sites is 2. The van der Waals surface area contributed by atoms with Crippen molar-refractivity contribution in [2.45, 2.75) is 19.4 Å². The van der Waals surface area contributed by atoms with Crippen LogP contribution in [0.3, 0.4) is 0 Å². The molecule has 2 aromatic carbocycles. The van der Waals surface area contributed by atoms with Gasteiger partial charge in [-0.05, 0) is 37.6 Å². The van der Waals surface area contributed by atoms with Gasteiger partial charge in [-0.1, -0.05) is 12.1 Å². The van der Waals surface area contributed by atoms with Crippen LogP contribution in [0.2, 0.25) is 0 Å². The van der Waals surface area contributed by atoms with E-state index in [9.17, 15) is 14.6 Å². The van der Waals surface area contributed by atoms with Gasteiger partial charge in [-0.3, -0.25) is 0 Å². The lowest BCUT2D eigenvalue weighted by Crippen LogP contribution is -2.49. The minimum atomic E-state index is -0.876. The predicted octanol–water partition coefficient (Wildman–Crippen LogP) is 3.31. The molecular formula is C18H17FN2O3. The Kier molecular flexibility index (Phi) is 3.08. The molecule has 5 nitrogen and oxygen atoms in total. The van der Waals surface area contributed by atoms with Crippen molar-refractivity contribution in [2.75, 3.05) is 13.2 Å². The van der Waals surface area contributed by atoms with Gasteiger partial charge in [0.15, 0.2) is 17.3 Å². The minimum Gasteiger partial charge on any atom is -0.504 e. The molecule has 124 valence electrons. The molecule has 0 unspecified atom stereocenters. The molecule has 1 fully saturated rings. The van der Waals surface area contributed by atoms with Crippen molar-refractivity contribution in [2.24, 2.45) is 0 Å². The van der Waals surface area contributed by atoms with Crippen LogP contribution in [0, 0.1) is 12.7 Å². The third-order valence-corrected chi connectivity index (χ3v) is 4.57. The number of halogens is 1. The van der Waals surface area contributed by atoms with E-state index in [0.717, 1.165) is 11.0 Å². The summed E-state index contributed by atoms with van der Waals surface area (Å²) in [4.78, 5) is 4.58. The summed E-state index contributed by atoms with van der Waals surface area (Å²) < 4.78 is 22.0. The fraction of sp³-hybridized carbons (Fsp3) is 0.278. The smallest absolute Gasteiger partial charge is 0.195 e. The lowest BCUT2D eigenvalue weighted by molar-refractivity contribution is -0.0868. The van der Waals surface area contributed by atoms with Crippen LogP contribution in [-0.2, 0) is 10.3 Å². The molecule has 0 spiro atoms. The number of hydrogen-bond donors (Lipinski definition) is 2. The SMILES string of the molecule is Cc1cc(-c2nc3ccccc3n2C2(C)COC2)c(F)c(O)c1O. The van der Waals surface area contributed by atoms with Crippen LogP contribution in [0.4, 0.5) is 4.39 Å². The number of nitrogens with zero attached hydrogens (tertiary/aromatic N) is 2. The summed E-state index contributed by atoms with van der Waals surface area (Å²) in [5.41, 5.74) is 1.83. The molecule has 1 aromatic heterocycles. The summed E-state index contributed by atoms with van der Waals surface area (Å²) >= 11 is 0. The van der Waals surface area contributed by atoms with Gasteiger partial charge in [0.2, 0.25) is 0 Å². The third-order valence-electron chi connectivity index (χ3n) is 4.57. The zero-order valence-corrected chi connectivity index (χ0v) is 13.4. The highest BCUT2D eigenvalue weighted by atomic mass is 19.1. The average Bonchev–Trinajstić information content (AvgIpc) is 2.93. The Morgan fingerprint density at radius 3 is 2.58 bits per heavy atom. The second-order valence-corrected chi connectivity index (χ2v) is 6.50. The molecule has 0 atom stereocenters. The first-order chi connectivity index (χ1) is 11.4. The maximum Gasteiger partial charge on any atom is 0.195 e. The second kappa shape index (κ2) is 4.95. The summed E-state index contributed by atoms with van der Waals surface area (Å²) in [6, 6.07) is 9.08. The molecule has 6 heteroatoms. The van der Waals surface area contributed by atoms with Gasteiger partial charge < -0.3 is 19.5 Å². The van der Waals surface area contributed by atoms with E-state index in [1.165, 1.54) is 6.07 Å². The van der Waals surface area contributed by atoms with E-state index in [2.05, 4.69) is 4.98 Å². The number of aromatic hydroxyl groups is 2. The molecule has 0 saturated carbocycles. The quantitative estimate of drug-likeness (QED) is 0.708. The largest absolute Gasteiger partial charge is 0.504 e. The van der Waals surface area contributed by atoms with Crippen LogP contribution in [0.25, 0.3) is 22.4 Å². The molecule has 1 aliphatic rings. The van der Waals surface area contributed by atoms with Crippen molar-refractivity contribution in [1.29, 1.82) is 0 Å². The molecule has 0 bridgehead atoms. The average molecular weight is 328 g/mol. The predicted molar refractivity (Wildman–Crippen MR) is 87.7 cm³/mol. The molecule has 24 heavy (non-hydrogen) atoms. The van der Waals surface area contributed by atoms with E-state index in [-0.39, 0.29) is 11.1 Å². The van der Waals surface area contributed by atoms with Crippen molar-refractivity contribution in [1.82, 2.24) is 9.55 Å². The van der Waals surface area contributed by atoms with Gasteiger partial charge in [-0.25, -0.2) is 9.37 Å². The minimum absolute atomic E-state index is 0.159. The molecule has 1 saturated heterocycles. The lowest BCUT2D eigenvalue weighted by atomic mass is 9.98. The van der Waals surface area contributed by atoms with Crippen LogP contribution in [0.1, 0.15) is 12.5 Å². The summed E-state index contributed by atoms with van der Waals surface area (Å²) in [5, 5.41) is 19.6. The van der Waals surface area contributed by atoms with Crippen molar-refractivity contribution in [3.05, 3.63) is 41.7 Å². The summed E-state index contributed by atoms with van der Waals surface area (Å²) in [7, 11) is 0. The van der Waals surface area contributed by atoms with E-state index >= 15 is 0 Å². The van der Waals surface area contributed by atoms with Crippen molar-refractivity contribution in [3.63, 3.8) is 0 Å².